The Kier molecular flexibility index (Phi) is 6.32. The van der Waals surface area contributed by atoms with Crippen molar-refractivity contribution in [3.8, 4) is 11.4 Å². The monoisotopic (exact) mass is 482 g/mol. The molecule has 0 saturated carbocycles. The van der Waals surface area contributed by atoms with E-state index in [1.807, 2.05) is 0 Å². The molecule has 0 fully saturated rings. The van der Waals surface area contributed by atoms with Crippen LogP contribution in [0.1, 0.15) is 18.2 Å². The Balaban J connectivity index is 1.80. The van der Waals surface area contributed by atoms with Gasteiger partial charge in [0.15, 0.2) is 11.5 Å². The van der Waals surface area contributed by atoms with Crippen LogP contribution in [0.2, 0.25) is 0 Å². The summed E-state index contributed by atoms with van der Waals surface area (Å²) in [6.07, 6.45) is 1.23. The molecule has 0 unspecified atom stereocenters. The molecule has 0 aliphatic heterocycles. The van der Waals surface area contributed by atoms with E-state index in [0.717, 1.165) is 22.9 Å². The number of hydrogen-bond acceptors (Lipinski definition) is 5. The van der Waals surface area contributed by atoms with Gasteiger partial charge >= 0.3 is 6.18 Å². The summed E-state index contributed by atoms with van der Waals surface area (Å²) in [5.74, 6) is -0.637. The van der Waals surface area contributed by atoms with Crippen molar-refractivity contribution < 1.29 is 17.6 Å². The molecule has 2 aromatic heterocycles. The van der Waals surface area contributed by atoms with E-state index in [-0.39, 0.29) is 28.5 Å². The number of nitrogens with two attached hydrogens (primary N) is 1. The number of alkyl halides is 3. The summed E-state index contributed by atoms with van der Waals surface area (Å²) in [5.41, 5.74) is 4.70. The standard InChI is InChI=1S/C24H18F4N6O/c1-15(29)12-20(31-17-5-2-4-16(13-17)24(26,27)28)23-22(35)8-11-34(32-23)21-7-6-18(14-19(21)25)33-10-3-9-30-33/h2-14H,29H2,1H3. The Bertz CT molecular complexity index is 1480. The van der Waals surface area contributed by atoms with Crippen LogP contribution in [0.5, 0.6) is 0 Å². The van der Waals surface area contributed by atoms with Gasteiger partial charge in [0, 0.05) is 36.4 Å². The highest BCUT2D eigenvalue weighted by Crippen LogP contribution is 2.31. The zero-order valence-corrected chi connectivity index (χ0v) is 18.2. The first-order chi connectivity index (χ1) is 16.6. The molecule has 0 bridgehead atoms. The van der Waals surface area contributed by atoms with Gasteiger partial charge in [0.05, 0.1) is 22.6 Å². The molecule has 178 valence electrons. The van der Waals surface area contributed by atoms with Crippen LogP contribution in [0.3, 0.4) is 0 Å². The largest absolute Gasteiger partial charge is 0.416 e. The van der Waals surface area contributed by atoms with Crippen LogP contribution in [-0.4, -0.2) is 25.3 Å². The van der Waals surface area contributed by atoms with Crippen molar-refractivity contribution in [2.75, 3.05) is 0 Å². The average molecular weight is 482 g/mol. The maximum atomic E-state index is 14.9. The van der Waals surface area contributed by atoms with Gasteiger partial charge in [-0.3, -0.25) is 4.79 Å². The second-order valence-corrected chi connectivity index (χ2v) is 7.49. The predicted molar refractivity (Wildman–Crippen MR) is 122 cm³/mol. The Morgan fingerprint density at radius 2 is 1.86 bits per heavy atom. The molecule has 0 saturated heterocycles. The Morgan fingerprint density at radius 1 is 1.06 bits per heavy atom. The molecule has 2 N–H and O–H groups in total. The topological polar surface area (TPSA) is 91.1 Å². The molecule has 0 aliphatic carbocycles. The van der Waals surface area contributed by atoms with Crippen molar-refractivity contribution in [2.24, 2.45) is 10.7 Å². The van der Waals surface area contributed by atoms with Crippen LogP contribution < -0.4 is 11.2 Å². The summed E-state index contributed by atoms with van der Waals surface area (Å²) in [6.45, 7) is 1.52. The lowest BCUT2D eigenvalue weighted by Gasteiger charge is -2.11. The van der Waals surface area contributed by atoms with Gasteiger partial charge in [-0.05, 0) is 49.4 Å². The lowest BCUT2D eigenvalue weighted by atomic mass is 10.1. The summed E-state index contributed by atoms with van der Waals surface area (Å²) >= 11 is 0. The first-order valence-corrected chi connectivity index (χ1v) is 10.2. The van der Waals surface area contributed by atoms with E-state index in [4.69, 9.17) is 5.73 Å². The SMILES string of the molecule is CC(N)=CC(=Nc1cccc(C(F)(F)F)c1)c1nn(-c2ccc(-n3cccn3)cc2F)ccc1=O. The Hall–Kier alpha value is -4.54. The number of nitrogens with zero attached hydrogens (tertiary/aromatic N) is 5. The molecule has 2 aromatic carbocycles. The molecule has 35 heavy (non-hydrogen) atoms. The first-order valence-electron chi connectivity index (χ1n) is 10.2. The Morgan fingerprint density at radius 3 is 2.51 bits per heavy atom. The van der Waals surface area contributed by atoms with Crippen LogP contribution in [0.4, 0.5) is 23.2 Å². The van der Waals surface area contributed by atoms with Crippen molar-refractivity contribution in [1.82, 2.24) is 19.6 Å². The van der Waals surface area contributed by atoms with Gasteiger partial charge in [-0.15, -0.1) is 0 Å². The molecule has 11 heteroatoms. The van der Waals surface area contributed by atoms with E-state index in [9.17, 15) is 22.4 Å². The molecule has 7 nitrogen and oxygen atoms in total. The number of benzene rings is 2. The van der Waals surface area contributed by atoms with Crippen LogP contribution in [0.25, 0.3) is 11.4 Å². The minimum Gasteiger partial charge on any atom is -0.402 e. The molecule has 2 heterocycles. The highest BCUT2D eigenvalue weighted by molar-refractivity contribution is 6.08. The second kappa shape index (κ2) is 9.37. The van der Waals surface area contributed by atoms with E-state index in [1.54, 1.807) is 24.5 Å². The maximum absolute atomic E-state index is 14.9. The normalized spacial score (nSPS) is 12.7. The van der Waals surface area contributed by atoms with E-state index >= 15 is 0 Å². The van der Waals surface area contributed by atoms with E-state index < -0.39 is 23.0 Å². The quantitative estimate of drug-likeness (QED) is 0.334. The van der Waals surface area contributed by atoms with Crippen molar-refractivity contribution >= 4 is 11.4 Å². The third-order valence-electron chi connectivity index (χ3n) is 4.79. The minimum absolute atomic E-state index is 0.0361. The summed E-state index contributed by atoms with van der Waals surface area (Å²) in [7, 11) is 0. The summed E-state index contributed by atoms with van der Waals surface area (Å²) in [6, 6.07) is 11.5. The number of rotatable bonds is 5. The van der Waals surface area contributed by atoms with Crippen molar-refractivity contribution in [3.63, 3.8) is 0 Å². The van der Waals surface area contributed by atoms with Crippen molar-refractivity contribution in [3.05, 3.63) is 112 Å². The lowest BCUT2D eigenvalue weighted by molar-refractivity contribution is -0.137. The van der Waals surface area contributed by atoms with Crippen molar-refractivity contribution in [1.29, 1.82) is 0 Å². The molecular formula is C24H18F4N6O. The third kappa shape index (κ3) is 5.35. The highest BCUT2D eigenvalue weighted by atomic mass is 19.4. The Labute approximate surface area is 196 Å². The average Bonchev–Trinajstić information content (AvgIpc) is 3.34. The van der Waals surface area contributed by atoms with E-state index in [0.29, 0.717) is 5.69 Å². The van der Waals surface area contributed by atoms with Crippen LogP contribution in [0.15, 0.2) is 94.7 Å². The molecule has 0 amide bonds. The minimum atomic E-state index is -4.57. The lowest BCUT2D eigenvalue weighted by Crippen LogP contribution is -2.21. The smallest absolute Gasteiger partial charge is 0.402 e. The van der Waals surface area contributed by atoms with Gasteiger partial charge < -0.3 is 5.73 Å². The molecule has 0 spiro atoms. The van der Waals surface area contributed by atoms with Gasteiger partial charge in [-0.1, -0.05) is 6.07 Å². The van der Waals surface area contributed by atoms with Crippen LogP contribution >= 0.6 is 0 Å². The molecule has 4 rings (SSSR count). The predicted octanol–water partition coefficient (Wildman–Crippen LogP) is 4.56. The van der Waals surface area contributed by atoms with E-state index in [1.165, 1.54) is 48.1 Å². The second-order valence-electron chi connectivity index (χ2n) is 7.49. The maximum Gasteiger partial charge on any atom is 0.416 e. The fourth-order valence-corrected chi connectivity index (χ4v) is 3.22. The van der Waals surface area contributed by atoms with Gasteiger partial charge in [-0.25, -0.2) is 18.7 Å². The number of allylic oxidation sites excluding steroid dienone is 2. The molecule has 0 aliphatic rings. The summed E-state index contributed by atoms with van der Waals surface area (Å²) in [5, 5.41) is 8.25. The first kappa shape index (κ1) is 23.6. The number of aromatic nitrogens is 4. The molecule has 0 radical (unpaired) electrons. The fourth-order valence-electron chi connectivity index (χ4n) is 3.22. The van der Waals surface area contributed by atoms with E-state index in [2.05, 4.69) is 15.2 Å². The molecular weight excluding hydrogens is 464 g/mol. The highest BCUT2D eigenvalue weighted by Gasteiger charge is 2.30. The van der Waals surface area contributed by atoms with Crippen LogP contribution in [-0.2, 0) is 6.18 Å². The van der Waals surface area contributed by atoms with Gasteiger partial charge in [0.1, 0.15) is 5.69 Å². The number of aliphatic imine (C=N–C) groups is 1. The number of halogens is 4. The van der Waals surface area contributed by atoms with Gasteiger partial charge in [-0.2, -0.15) is 23.4 Å². The number of hydrogen-bond donors (Lipinski definition) is 1. The fraction of sp³-hybridized carbons (Fsp3) is 0.0833. The van der Waals surface area contributed by atoms with Gasteiger partial charge in [0.25, 0.3) is 0 Å². The third-order valence-corrected chi connectivity index (χ3v) is 4.79. The summed E-state index contributed by atoms with van der Waals surface area (Å²) in [4.78, 5) is 16.8. The van der Waals surface area contributed by atoms with Crippen molar-refractivity contribution in [2.45, 2.75) is 13.1 Å². The summed E-state index contributed by atoms with van der Waals surface area (Å²) < 4.78 is 56.9. The molecule has 0 atom stereocenters. The zero-order chi connectivity index (χ0) is 25.2. The van der Waals surface area contributed by atoms with Crippen LogP contribution in [0, 0.1) is 5.82 Å². The van der Waals surface area contributed by atoms with Gasteiger partial charge in [0.2, 0.25) is 5.43 Å². The zero-order valence-electron chi connectivity index (χ0n) is 18.2. The molecule has 4 aromatic rings.